The smallest absolute Gasteiger partial charge is 0.172 e. The lowest BCUT2D eigenvalue weighted by atomic mass is 10.3. The van der Waals surface area contributed by atoms with Crippen molar-refractivity contribution in [1.29, 1.82) is 0 Å². The van der Waals surface area contributed by atoms with E-state index in [0.29, 0.717) is 6.42 Å². The zero-order valence-electron chi connectivity index (χ0n) is 5.18. The average Bonchev–Trinajstić information content (AvgIpc) is 2.37. The summed E-state index contributed by atoms with van der Waals surface area (Å²) in [6, 6.07) is 3.57. The summed E-state index contributed by atoms with van der Waals surface area (Å²) in [5.74, 6) is 0.209. The lowest BCUT2D eigenvalue weighted by Gasteiger charge is -1.86. The standard InChI is InChI=1S/C7H7OS/c1-2-6(8)7-4-3-5-9-7/h3-4H,2H2,1H3. The highest BCUT2D eigenvalue weighted by molar-refractivity contribution is 7.11. The minimum atomic E-state index is 0.209. The van der Waals surface area contributed by atoms with Crippen LogP contribution in [0.5, 0.6) is 0 Å². The van der Waals surface area contributed by atoms with Gasteiger partial charge in [-0.25, -0.2) is 0 Å². The van der Waals surface area contributed by atoms with E-state index in [2.05, 4.69) is 5.38 Å². The minimum absolute atomic E-state index is 0.209. The van der Waals surface area contributed by atoms with Crippen molar-refractivity contribution in [1.82, 2.24) is 0 Å². The summed E-state index contributed by atoms with van der Waals surface area (Å²) in [5, 5.41) is 2.87. The Hall–Kier alpha value is -0.630. The van der Waals surface area contributed by atoms with Crippen molar-refractivity contribution in [2.24, 2.45) is 0 Å². The maximum atomic E-state index is 10.9. The Labute approximate surface area is 58.3 Å². The molecule has 0 aromatic carbocycles. The fourth-order valence-electron chi connectivity index (χ4n) is 0.565. The van der Waals surface area contributed by atoms with E-state index >= 15 is 0 Å². The molecular weight excluding hydrogens is 132 g/mol. The first-order valence-electron chi connectivity index (χ1n) is 2.83. The lowest BCUT2D eigenvalue weighted by Crippen LogP contribution is -1.90. The van der Waals surface area contributed by atoms with Gasteiger partial charge in [0.25, 0.3) is 0 Å². The monoisotopic (exact) mass is 139 g/mol. The van der Waals surface area contributed by atoms with Gasteiger partial charge in [-0.15, -0.1) is 11.3 Å². The predicted molar refractivity (Wildman–Crippen MR) is 37.8 cm³/mol. The molecule has 0 unspecified atom stereocenters. The molecule has 0 fully saturated rings. The molecule has 1 nitrogen and oxygen atoms in total. The van der Waals surface area contributed by atoms with Gasteiger partial charge in [0.1, 0.15) is 0 Å². The number of ketones is 1. The largest absolute Gasteiger partial charge is 0.293 e. The summed E-state index contributed by atoms with van der Waals surface area (Å²) in [6.07, 6.45) is 0.592. The third-order valence-corrected chi connectivity index (χ3v) is 1.91. The maximum Gasteiger partial charge on any atom is 0.172 e. The number of rotatable bonds is 2. The highest BCUT2D eigenvalue weighted by Gasteiger charge is 2.01. The molecule has 47 valence electrons. The second-order valence-corrected chi connectivity index (χ2v) is 2.57. The van der Waals surface area contributed by atoms with E-state index in [4.69, 9.17) is 0 Å². The molecule has 0 atom stereocenters. The highest BCUT2D eigenvalue weighted by Crippen LogP contribution is 2.09. The van der Waals surface area contributed by atoms with Gasteiger partial charge in [0, 0.05) is 11.8 Å². The first-order valence-corrected chi connectivity index (χ1v) is 3.65. The number of carbonyl (C=O) groups is 1. The minimum Gasteiger partial charge on any atom is -0.293 e. The van der Waals surface area contributed by atoms with E-state index in [-0.39, 0.29) is 5.78 Å². The molecule has 1 rings (SSSR count). The molecule has 0 saturated carbocycles. The average molecular weight is 139 g/mol. The van der Waals surface area contributed by atoms with Crippen LogP contribution in [0.25, 0.3) is 0 Å². The second kappa shape index (κ2) is 2.78. The van der Waals surface area contributed by atoms with E-state index in [9.17, 15) is 4.79 Å². The van der Waals surface area contributed by atoms with Crippen LogP contribution in [0.4, 0.5) is 0 Å². The summed E-state index contributed by atoms with van der Waals surface area (Å²) < 4.78 is 0. The summed E-state index contributed by atoms with van der Waals surface area (Å²) in [6.45, 7) is 1.86. The molecule has 2 heteroatoms. The first kappa shape index (κ1) is 6.49. The number of hydrogen-bond acceptors (Lipinski definition) is 2. The summed E-state index contributed by atoms with van der Waals surface area (Å²) in [5.41, 5.74) is 0. The number of carbonyl (C=O) groups excluding carboxylic acids is 1. The topological polar surface area (TPSA) is 17.1 Å². The molecule has 1 heterocycles. The van der Waals surface area contributed by atoms with Crippen LogP contribution in [0.1, 0.15) is 23.0 Å². The molecule has 1 radical (unpaired) electrons. The SMILES string of the molecule is CCC(=O)c1cc[c]s1. The first-order chi connectivity index (χ1) is 4.34. The maximum absolute atomic E-state index is 10.9. The van der Waals surface area contributed by atoms with Gasteiger partial charge in [-0.1, -0.05) is 6.92 Å². The number of thiophene rings is 1. The Kier molecular flexibility index (Phi) is 2.01. The molecule has 1 aromatic rings. The van der Waals surface area contributed by atoms with Crippen LogP contribution < -0.4 is 0 Å². The van der Waals surface area contributed by atoms with Crippen LogP contribution in [-0.4, -0.2) is 5.78 Å². The molecule has 0 bridgehead atoms. The molecule has 0 N–H and O–H groups in total. The van der Waals surface area contributed by atoms with Crippen LogP contribution in [0.15, 0.2) is 12.1 Å². The van der Waals surface area contributed by atoms with E-state index in [1.165, 1.54) is 11.3 Å². The zero-order valence-corrected chi connectivity index (χ0v) is 5.99. The molecular formula is C7H7OS. The molecule has 0 amide bonds. The number of Topliss-reactive ketones (excluding diaryl/α,β-unsaturated/α-hetero) is 1. The molecule has 0 aliphatic heterocycles. The van der Waals surface area contributed by atoms with Crippen molar-refractivity contribution in [2.75, 3.05) is 0 Å². The van der Waals surface area contributed by atoms with Crippen LogP contribution in [0.3, 0.4) is 0 Å². The Morgan fingerprint density at radius 1 is 1.89 bits per heavy atom. The second-order valence-electron chi connectivity index (χ2n) is 1.69. The molecule has 9 heavy (non-hydrogen) atoms. The van der Waals surface area contributed by atoms with Gasteiger partial charge in [0.15, 0.2) is 5.78 Å². The van der Waals surface area contributed by atoms with Gasteiger partial charge in [-0.2, -0.15) is 0 Å². The number of hydrogen-bond donors (Lipinski definition) is 0. The third-order valence-electron chi connectivity index (χ3n) is 1.07. The van der Waals surface area contributed by atoms with Gasteiger partial charge in [0.2, 0.25) is 0 Å². The van der Waals surface area contributed by atoms with Crippen molar-refractivity contribution < 1.29 is 4.79 Å². The molecule has 0 aliphatic rings. The Balaban J connectivity index is 2.77. The lowest BCUT2D eigenvalue weighted by molar-refractivity contribution is 0.0992. The van der Waals surface area contributed by atoms with Crippen LogP contribution >= 0.6 is 11.3 Å². The van der Waals surface area contributed by atoms with Crippen molar-refractivity contribution in [3.8, 4) is 0 Å². The van der Waals surface area contributed by atoms with E-state index in [1.807, 2.05) is 6.92 Å². The molecule has 0 saturated heterocycles. The zero-order chi connectivity index (χ0) is 6.69. The summed E-state index contributed by atoms with van der Waals surface area (Å²) >= 11 is 1.38. The summed E-state index contributed by atoms with van der Waals surface area (Å²) in [7, 11) is 0. The van der Waals surface area contributed by atoms with E-state index in [0.717, 1.165) is 4.88 Å². The predicted octanol–water partition coefficient (Wildman–Crippen LogP) is 2.14. The van der Waals surface area contributed by atoms with Crippen molar-refractivity contribution in [3.63, 3.8) is 0 Å². The van der Waals surface area contributed by atoms with Gasteiger partial charge in [-0.3, -0.25) is 4.79 Å². The van der Waals surface area contributed by atoms with Crippen molar-refractivity contribution in [2.45, 2.75) is 13.3 Å². The quantitative estimate of drug-likeness (QED) is 0.574. The molecule has 0 spiro atoms. The highest BCUT2D eigenvalue weighted by atomic mass is 32.1. The Morgan fingerprint density at radius 3 is 3.11 bits per heavy atom. The van der Waals surface area contributed by atoms with E-state index < -0.39 is 0 Å². The Morgan fingerprint density at radius 2 is 2.67 bits per heavy atom. The fourth-order valence-corrected chi connectivity index (χ4v) is 1.22. The fraction of sp³-hybridized carbons (Fsp3) is 0.286. The molecule has 1 aromatic heterocycles. The third kappa shape index (κ3) is 1.39. The van der Waals surface area contributed by atoms with Crippen LogP contribution in [-0.2, 0) is 0 Å². The van der Waals surface area contributed by atoms with Gasteiger partial charge < -0.3 is 0 Å². The van der Waals surface area contributed by atoms with Gasteiger partial charge >= 0.3 is 0 Å². The van der Waals surface area contributed by atoms with Gasteiger partial charge in [0.05, 0.1) is 4.88 Å². The van der Waals surface area contributed by atoms with Gasteiger partial charge in [-0.05, 0) is 12.1 Å². The van der Waals surface area contributed by atoms with Crippen molar-refractivity contribution >= 4 is 17.1 Å². The summed E-state index contributed by atoms with van der Waals surface area (Å²) in [4.78, 5) is 11.7. The normalized spacial score (nSPS) is 9.44. The molecule has 0 aliphatic carbocycles. The van der Waals surface area contributed by atoms with Crippen LogP contribution in [0.2, 0.25) is 0 Å². The van der Waals surface area contributed by atoms with E-state index in [1.54, 1.807) is 12.1 Å². The van der Waals surface area contributed by atoms with Crippen molar-refractivity contribution in [3.05, 3.63) is 22.4 Å². The van der Waals surface area contributed by atoms with Crippen LogP contribution in [0, 0.1) is 5.38 Å². The Bertz CT molecular complexity index is 189.